The summed E-state index contributed by atoms with van der Waals surface area (Å²) in [6, 6.07) is 8.64. The van der Waals surface area contributed by atoms with Crippen molar-refractivity contribution in [1.82, 2.24) is 0 Å². The number of hydrogen-bond donors (Lipinski definition) is 0. The summed E-state index contributed by atoms with van der Waals surface area (Å²) in [4.78, 5) is 0. The highest BCUT2D eigenvalue weighted by Crippen LogP contribution is 2.45. The lowest BCUT2D eigenvalue weighted by Gasteiger charge is -2.32. The Hall–Kier alpha value is -3.10. The molecule has 0 saturated heterocycles. The van der Waals surface area contributed by atoms with Gasteiger partial charge in [-0.05, 0) is 134 Å². The van der Waals surface area contributed by atoms with Gasteiger partial charge in [0.25, 0.3) is 0 Å². The minimum Gasteiger partial charge on any atom is -0.403 e. The molecule has 2 aliphatic rings. The van der Waals surface area contributed by atoms with Crippen LogP contribution in [-0.4, -0.2) is 6.36 Å². The standard InChI is InChI=1S/C36H38F8O/c1-2-3-4-5-21-6-9-24(29(37)19-21)10-7-22-8-16-27-28(18-22)34(40)35(41)32(33(27)39)25-13-11-23(12-14-25)26-15-17-31(30(38)20-26)45-36(42,43)44/h6,9,15,17,19-20,22-23,25H,2-5,7-8,10-14,16,18H2,1H3. The third-order valence-electron chi connectivity index (χ3n) is 9.65. The van der Waals surface area contributed by atoms with E-state index in [4.69, 9.17) is 0 Å². The number of aryl methyl sites for hydroxylation is 2. The second kappa shape index (κ2) is 14.1. The van der Waals surface area contributed by atoms with Crippen molar-refractivity contribution in [2.45, 2.75) is 109 Å². The van der Waals surface area contributed by atoms with E-state index in [2.05, 4.69) is 11.7 Å². The highest BCUT2D eigenvalue weighted by atomic mass is 19.4. The number of alkyl halides is 3. The fourth-order valence-corrected chi connectivity index (χ4v) is 7.17. The molecule has 0 aromatic heterocycles. The summed E-state index contributed by atoms with van der Waals surface area (Å²) < 4.78 is 117. The van der Waals surface area contributed by atoms with Gasteiger partial charge >= 0.3 is 6.36 Å². The van der Waals surface area contributed by atoms with Crippen LogP contribution in [0.25, 0.3) is 0 Å². The number of fused-ring (bicyclic) bond motifs is 1. The van der Waals surface area contributed by atoms with Gasteiger partial charge in [-0.15, -0.1) is 13.2 Å². The molecule has 1 saturated carbocycles. The molecule has 0 amide bonds. The Morgan fingerprint density at radius 2 is 1.47 bits per heavy atom. The Labute approximate surface area is 259 Å². The maximum absolute atomic E-state index is 15.8. The Bertz CT molecular complexity index is 1490. The number of rotatable bonds is 10. The lowest BCUT2D eigenvalue weighted by molar-refractivity contribution is -0.275. The second-order valence-corrected chi connectivity index (χ2v) is 12.6. The molecule has 244 valence electrons. The fourth-order valence-electron chi connectivity index (χ4n) is 7.17. The predicted octanol–water partition coefficient (Wildman–Crippen LogP) is 11.2. The monoisotopic (exact) mass is 638 g/mol. The van der Waals surface area contributed by atoms with Crippen molar-refractivity contribution in [2.75, 3.05) is 0 Å². The Morgan fingerprint density at radius 3 is 2.13 bits per heavy atom. The summed E-state index contributed by atoms with van der Waals surface area (Å²) in [6.45, 7) is 2.12. The molecule has 0 aliphatic heterocycles. The summed E-state index contributed by atoms with van der Waals surface area (Å²) >= 11 is 0. The van der Waals surface area contributed by atoms with E-state index in [9.17, 15) is 22.0 Å². The number of ether oxygens (including phenoxy) is 1. The summed E-state index contributed by atoms with van der Waals surface area (Å²) in [6.07, 6.45) is 2.63. The van der Waals surface area contributed by atoms with Crippen LogP contribution in [0.1, 0.15) is 110 Å². The van der Waals surface area contributed by atoms with E-state index in [0.29, 0.717) is 56.1 Å². The third kappa shape index (κ3) is 7.83. The van der Waals surface area contributed by atoms with Gasteiger partial charge < -0.3 is 4.74 Å². The molecule has 1 atom stereocenters. The van der Waals surface area contributed by atoms with Crippen LogP contribution >= 0.6 is 0 Å². The number of benzene rings is 3. The van der Waals surface area contributed by atoms with Crippen molar-refractivity contribution in [2.24, 2.45) is 5.92 Å². The first-order valence-corrected chi connectivity index (χ1v) is 16.0. The van der Waals surface area contributed by atoms with Gasteiger partial charge in [-0.2, -0.15) is 0 Å². The van der Waals surface area contributed by atoms with E-state index in [1.165, 1.54) is 6.07 Å². The Kier molecular flexibility index (Phi) is 10.4. The molecule has 0 bridgehead atoms. The minimum absolute atomic E-state index is 0.0240. The van der Waals surface area contributed by atoms with Crippen molar-refractivity contribution in [3.8, 4) is 5.75 Å². The van der Waals surface area contributed by atoms with E-state index in [0.717, 1.165) is 43.4 Å². The Balaban J connectivity index is 1.22. The highest BCUT2D eigenvalue weighted by Gasteiger charge is 2.35. The highest BCUT2D eigenvalue weighted by molar-refractivity contribution is 5.41. The zero-order valence-corrected chi connectivity index (χ0v) is 25.3. The Morgan fingerprint density at radius 1 is 0.733 bits per heavy atom. The molecule has 1 unspecified atom stereocenters. The molecular weight excluding hydrogens is 600 g/mol. The first-order valence-electron chi connectivity index (χ1n) is 16.0. The molecule has 3 aromatic carbocycles. The minimum atomic E-state index is -5.01. The first kappa shape index (κ1) is 33.3. The van der Waals surface area contributed by atoms with Crippen LogP contribution < -0.4 is 4.74 Å². The molecule has 2 aliphatic carbocycles. The van der Waals surface area contributed by atoms with Gasteiger partial charge in [0.1, 0.15) is 11.6 Å². The van der Waals surface area contributed by atoms with Gasteiger partial charge in [-0.1, -0.05) is 38.0 Å². The fraction of sp³-hybridized carbons (Fsp3) is 0.500. The van der Waals surface area contributed by atoms with Crippen LogP contribution in [0.3, 0.4) is 0 Å². The SMILES string of the molecule is CCCCCc1ccc(CCC2CCc3c(F)c(C4CCC(c5ccc(OC(F)(F)F)c(F)c5)CC4)c(F)c(F)c3C2)c(F)c1. The molecule has 45 heavy (non-hydrogen) atoms. The quantitative estimate of drug-likeness (QED) is 0.122. The van der Waals surface area contributed by atoms with Gasteiger partial charge in [-0.25, -0.2) is 22.0 Å². The smallest absolute Gasteiger partial charge is 0.403 e. The molecule has 0 spiro atoms. The zero-order chi connectivity index (χ0) is 32.3. The molecule has 1 nitrogen and oxygen atoms in total. The van der Waals surface area contributed by atoms with Crippen LogP contribution in [0.5, 0.6) is 5.75 Å². The summed E-state index contributed by atoms with van der Waals surface area (Å²) in [5.74, 6) is -6.00. The van der Waals surface area contributed by atoms with E-state index >= 15 is 13.2 Å². The van der Waals surface area contributed by atoms with Crippen molar-refractivity contribution in [3.05, 3.63) is 98.9 Å². The molecule has 0 N–H and O–H groups in total. The van der Waals surface area contributed by atoms with Gasteiger partial charge in [0.15, 0.2) is 23.2 Å². The van der Waals surface area contributed by atoms with Crippen LogP contribution in [0, 0.1) is 35.0 Å². The average Bonchev–Trinajstić information content (AvgIpc) is 3.00. The molecule has 9 heteroatoms. The van der Waals surface area contributed by atoms with Crippen molar-refractivity contribution >= 4 is 0 Å². The van der Waals surface area contributed by atoms with Crippen molar-refractivity contribution in [1.29, 1.82) is 0 Å². The summed E-state index contributed by atoms with van der Waals surface area (Å²) in [7, 11) is 0. The van der Waals surface area contributed by atoms with E-state index in [1.54, 1.807) is 6.07 Å². The van der Waals surface area contributed by atoms with Crippen LogP contribution in [0.4, 0.5) is 35.1 Å². The molecule has 0 radical (unpaired) electrons. The third-order valence-corrected chi connectivity index (χ3v) is 9.65. The average molecular weight is 639 g/mol. The lowest BCUT2D eigenvalue weighted by atomic mass is 9.73. The van der Waals surface area contributed by atoms with Crippen LogP contribution in [-0.2, 0) is 25.7 Å². The van der Waals surface area contributed by atoms with E-state index in [-0.39, 0.29) is 47.2 Å². The molecule has 0 heterocycles. The summed E-state index contributed by atoms with van der Waals surface area (Å²) in [5, 5.41) is 0. The maximum atomic E-state index is 15.8. The first-order chi connectivity index (χ1) is 21.4. The van der Waals surface area contributed by atoms with E-state index < -0.39 is 41.3 Å². The van der Waals surface area contributed by atoms with E-state index in [1.807, 2.05) is 12.1 Å². The van der Waals surface area contributed by atoms with Gasteiger partial charge in [0, 0.05) is 5.56 Å². The van der Waals surface area contributed by atoms with Crippen LogP contribution in [0.2, 0.25) is 0 Å². The maximum Gasteiger partial charge on any atom is 0.573 e. The predicted molar refractivity (Wildman–Crippen MR) is 157 cm³/mol. The molecule has 5 rings (SSSR count). The molecule has 1 fully saturated rings. The summed E-state index contributed by atoms with van der Waals surface area (Å²) in [5.41, 5.74) is 2.08. The molecule has 3 aromatic rings. The molecular formula is C36H38F8O. The number of unbranched alkanes of at least 4 members (excludes halogenated alkanes) is 2. The van der Waals surface area contributed by atoms with Gasteiger partial charge in [0.05, 0.1) is 0 Å². The zero-order valence-electron chi connectivity index (χ0n) is 25.3. The lowest BCUT2D eigenvalue weighted by Crippen LogP contribution is -2.23. The van der Waals surface area contributed by atoms with Crippen molar-refractivity contribution < 1.29 is 39.9 Å². The normalized spacial score (nSPS) is 20.2. The van der Waals surface area contributed by atoms with Crippen molar-refractivity contribution in [3.63, 3.8) is 0 Å². The van der Waals surface area contributed by atoms with Gasteiger partial charge in [-0.3, -0.25) is 0 Å². The largest absolute Gasteiger partial charge is 0.573 e. The van der Waals surface area contributed by atoms with Crippen LogP contribution in [0.15, 0.2) is 36.4 Å². The second-order valence-electron chi connectivity index (χ2n) is 12.6. The number of halogens is 8. The topological polar surface area (TPSA) is 9.23 Å². The number of hydrogen-bond acceptors (Lipinski definition) is 1. The van der Waals surface area contributed by atoms with Gasteiger partial charge in [0.2, 0.25) is 0 Å².